The van der Waals surface area contributed by atoms with Crippen molar-refractivity contribution in [3.05, 3.63) is 24.3 Å². The van der Waals surface area contributed by atoms with Gasteiger partial charge in [0.2, 0.25) is 0 Å². The van der Waals surface area contributed by atoms with Crippen molar-refractivity contribution in [1.29, 1.82) is 0 Å². The molecule has 0 unspecified atom stereocenters. The van der Waals surface area contributed by atoms with Crippen LogP contribution in [0, 0.1) is 23.7 Å². The zero-order chi connectivity index (χ0) is 29.1. The minimum atomic E-state index is -1.55. The van der Waals surface area contributed by atoms with E-state index in [1.54, 1.807) is 13.8 Å². The molecule has 0 saturated heterocycles. The van der Waals surface area contributed by atoms with E-state index in [1.807, 2.05) is 38.1 Å². The molecule has 2 fully saturated rings. The number of benzene rings is 1. The van der Waals surface area contributed by atoms with E-state index in [9.17, 15) is 18.4 Å². The van der Waals surface area contributed by atoms with Gasteiger partial charge in [-0.2, -0.15) is 0 Å². The van der Waals surface area contributed by atoms with Gasteiger partial charge in [0.25, 0.3) is 0 Å². The van der Waals surface area contributed by atoms with Crippen LogP contribution in [0.15, 0.2) is 24.3 Å². The zero-order valence-corrected chi connectivity index (χ0v) is 24.6. The summed E-state index contributed by atoms with van der Waals surface area (Å²) >= 11 is 0. The lowest BCUT2D eigenvalue weighted by Crippen LogP contribution is -2.32. The fraction of sp³-hybridized carbons (Fsp3) is 0.750. The van der Waals surface area contributed by atoms with Crippen LogP contribution in [0.5, 0.6) is 11.5 Å². The van der Waals surface area contributed by atoms with Gasteiger partial charge in [-0.1, -0.05) is 40.5 Å². The first-order chi connectivity index (χ1) is 19.2. The maximum absolute atomic E-state index is 14.1. The van der Waals surface area contributed by atoms with Gasteiger partial charge in [0.05, 0.1) is 13.2 Å². The predicted octanol–water partition coefficient (Wildman–Crippen LogP) is 7.42. The minimum absolute atomic E-state index is 0.204. The summed E-state index contributed by atoms with van der Waals surface area (Å²) < 4.78 is 50.9. The molecule has 0 spiro atoms. The molecule has 2 aliphatic rings. The molecule has 6 nitrogen and oxygen atoms in total. The summed E-state index contributed by atoms with van der Waals surface area (Å²) in [6, 6.07) is 7.61. The lowest BCUT2D eigenvalue weighted by molar-refractivity contribution is -0.160. The Labute approximate surface area is 238 Å². The van der Waals surface area contributed by atoms with E-state index in [2.05, 4.69) is 0 Å². The van der Waals surface area contributed by atoms with Gasteiger partial charge in [-0.25, -0.2) is 18.4 Å². The van der Waals surface area contributed by atoms with E-state index in [-0.39, 0.29) is 24.0 Å². The molecular formula is C32H48F2O6. The first kappa shape index (κ1) is 32.1. The van der Waals surface area contributed by atoms with Gasteiger partial charge in [0.1, 0.15) is 23.7 Å². The molecule has 0 aromatic heterocycles. The molecule has 2 saturated carbocycles. The summed E-state index contributed by atoms with van der Waals surface area (Å²) in [6.45, 7) is 8.37. The smallest absolute Gasteiger partial charge is 0.341 e. The lowest BCUT2D eigenvalue weighted by atomic mass is 9.88. The van der Waals surface area contributed by atoms with E-state index in [0.717, 1.165) is 62.9 Å². The number of alkyl halides is 2. The third-order valence-corrected chi connectivity index (χ3v) is 8.69. The van der Waals surface area contributed by atoms with E-state index < -0.39 is 24.3 Å². The number of hydrogen-bond donors (Lipinski definition) is 0. The monoisotopic (exact) mass is 566 g/mol. The third-order valence-electron chi connectivity index (χ3n) is 8.69. The standard InChI is InChI=1S/C32H48F2O6/c1-5-21(3)29(33)31(35)39-27-11-7-23(8-12-27)19-37-25-15-17-26(18-16-25)38-20-24-9-13-28(14-10-24)40-32(36)30(34)22(4)6-2/h15-18,21-24,27-30H,5-14,19-20H2,1-4H3/t21-,22-,23?,24?,27?,28?,29-,30-/m0/s1. The van der Waals surface area contributed by atoms with Gasteiger partial charge in [-0.3, -0.25) is 0 Å². The fourth-order valence-corrected chi connectivity index (χ4v) is 5.23. The van der Waals surface area contributed by atoms with Crippen molar-refractivity contribution in [3.8, 4) is 11.5 Å². The normalized spacial score (nSPS) is 26.1. The van der Waals surface area contributed by atoms with E-state index in [0.29, 0.717) is 37.9 Å². The molecule has 0 heterocycles. The molecule has 40 heavy (non-hydrogen) atoms. The fourth-order valence-electron chi connectivity index (χ4n) is 5.23. The Hall–Kier alpha value is -2.38. The second-order valence-corrected chi connectivity index (χ2v) is 11.8. The average molecular weight is 567 g/mol. The van der Waals surface area contributed by atoms with Crippen LogP contribution in [0.3, 0.4) is 0 Å². The van der Waals surface area contributed by atoms with Crippen molar-refractivity contribution in [2.45, 2.75) is 116 Å². The molecule has 0 aliphatic heterocycles. The van der Waals surface area contributed by atoms with Crippen LogP contribution >= 0.6 is 0 Å². The molecule has 1 aromatic carbocycles. The molecule has 3 rings (SSSR count). The molecular weight excluding hydrogens is 518 g/mol. The molecule has 0 N–H and O–H groups in total. The number of hydrogen-bond acceptors (Lipinski definition) is 6. The summed E-state index contributed by atoms with van der Waals surface area (Å²) in [5.41, 5.74) is 0. The van der Waals surface area contributed by atoms with Crippen LogP contribution in [-0.2, 0) is 19.1 Å². The number of halogens is 2. The van der Waals surface area contributed by atoms with Crippen LogP contribution in [-0.4, -0.2) is 49.7 Å². The van der Waals surface area contributed by atoms with Crippen LogP contribution in [0.25, 0.3) is 0 Å². The highest BCUT2D eigenvalue weighted by Crippen LogP contribution is 2.30. The molecule has 226 valence electrons. The molecule has 2 aliphatic carbocycles. The number of carbonyl (C=O) groups excluding carboxylic acids is 2. The molecule has 1 aromatic rings. The van der Waals surface area contributed by atoms with Crippen LogP contribution in [0.2, 0.25) is 0 Å². The molecule has 4 atom stereocenters. The highest BCUT2D eigenvalue weighted by molar-refractivity contribution is 5.75. The second-order valence-electron chi connectivity index (χ2n) is 11.8. The number of rotatable bonds is 14. The maximum Gasteiger partial charge on any atom is 0.341 e. The minimum Gasteiger partial charge on any atom is -0.493 e. The highest BCUT2D eigenvalue weighted by Gasteiger charge is 2.31. The van der Waals surface area contributed by atoms with Crippen molar-refractivity contribution < 1.29 is 37.3 Å². The Morgan fingerprint density at radius 2 is 1.00 bits per heavy atom. The Bertz CT molecular complexity index is 820. The van der Waals surface area contributed by atoms with E-state index >= 15 is 0 Å². The van der Waals surface area contributed by atoms with Crippen molar-refractivity contribution in [1.82, 2.24) is 0 Å². The molecule has 0 bridgehead atoms. The van der Waals surface area contributed by atoms with Crippen LogP contribution in [0.1, 0.15) is 91.9 Å². The number of ether oxygens (including phenoxy) is 4. The second kappa shape index (κ2) is 16.2. The summed E-state index contributed by atoms with van der Waals surface area (Å²) in [6.07, 6.45) is 4.18. The van der Waals surface area contributed by atoms with Gasteiger partial charge < -0.3 is 18.9 Å². The van der Waals surface area contributed by atoms with Gasteiger partial charge >= 0.3 is 11.9 Å². The average Bonchev–Trinajstić information content (AvgIpc) is 2.99. The topological polar surface area (TPSA) is 71.1 Å². The number of carbonyl (C=O) groups is 2. The van der Waals surface area contributed by atoms with Gasteiger partial charge in [-0.15, -0.1) is 0 Å². The Morgan fingerprint density at radius 1 is 0.675 bits per heavy atom. The summed E-state index contributed by atoms with van der Waals surface area (Å²) in [5.74, 6) is 0.222. The van der Waals surface area contributed by atoms with Crippen LogP contribution < -0.4 is 9.47 Å². The Morgan fingerprint density at radius 3 is 1.30 bits per heavy atom. The van der Waals surface area contributed by atoms with Gasteiger partial charge in [-0.05, 0) is 99.3 Å². The SMILES string of the molecule is CC[C@H](C)[C@H](F)C(=O)OC1CCC(COc2ccc(OCC3CCC(OC(=O)[C@@H](F)[C@@H](C)CC)CC3)cc2)CC1. The molecule has 0 amide bonds. The predicted molar refractivity (Wildman–Crippen MR) is 150 cm³/mol. The first-order valence-electron chi connectivity index (χ1n) is 15.2. The van der Waals surface area contributed by atoms with Gasteiger partial charge in [0.15, 0.2) is 12.3 Å². The van der Waals surface area contributed by atoms with Gasteiger partial charge in [0, 0.05) is 0 Å². The quantitative estimate of drug-likeness (QED) is 0.218. The summed E-state index contributed by atoms with van der Waals surface area (Å²) in [7, 11) is 0. The van der Waals surface area contributed by atoms with Crippen molar-refractivity contribution in [2.75, 3.05) is 13.2 Å². The Kier molecular flexibility index (Phi) is 13.0. The first-order valence-corrected chi connectivity index (χ1v) is 15.2. The summed E-state index contributed by atoms with van der Waals surface area (Å²) in [5, 5.41) is 0. The largest absolute Gasteiger partial charge is 0.493 e. The Balaban J connectivity index is 1.29. The van der Waals surface area contributed by atoms with E-state index in [4.69, 9.17) is 18.9 Å². The number of esters is 2. The van der Waals surface area contributed by atoms with Crippen molar-refractivity contribution in [2.24, 2.45) is 23.7 Å². The molecule has 8 heteroatoms. The third kappa shape index (κ3) is 9.91. The van der Waals surface area contributed by atoms with Crippen molar-refractivity contribution >= 4 is 11.9 Å². The maximum atomic E-state index is 14.1. The lowest BCUT2D eigenvalue weighted by Gasteiger charge is -2.29. The molecule has 0 radical (unpaired) electrons. The van der Waals surface area contributed by atoms with E-state index in [1.165, 1.54) is 0 Å². The highest BCUT2D eigenvalue weighted by atomic mass is 19.1. The zero-order valence-electron chi connectivity index (χ0n) is 24.6. The summed E-state index contributed by atoms with van der Waals surface area (Å²) in [4.78, 5) is 24.0. The van der Waals surface area contributed by atoms with Crippen LogP contribution in [0.4, 0.5) is 8.78 Å². The van der Waals surface area contributed by atoms with Crippen molar-refractivity contribution in [3.63, 3.8) is 0 Å².